The summed E-state index contributed by atoms with van der Waals surface area (Å²) >= 11 is 0. The van der Waals surface area contributed by atoms with E-state index in [0.29, 0.717) is 4.48 Å². The molecule has 3 heteroatoms. The molecule has 0 aliphatic rings. The fourth-order valence-corrected chi connectivity index (χ4v) is 3.54. The normalized spacial score (nSPS) is 14.0. The van der Waals surface area contributed by atoms with E-state index in [9.17, 15) is 4.79 Å². The first-order valence-electron chi connectivity index (χ1n) is 11.5. The minimum absolute atomic E-state index is 0.313. The fraction of sp³-hybridized carbons (Fsp3) is 0.875. The standard InChI is InChI=1S/C24H48NO2/c1-7-10-11-12-13-14-15-16-17-18-19-20-21-22-24(4,25(5,6)9-3)27-23(26)8-2/h8H,2,7,9-22H2,1,3-6H3/q+1. The number of quaternary nitrogens is 1. The van der Waals surface area contributed by atoms with Crippen LogP contribution in [0.3, 0.4) is 0 Å². The topological polar surface area (TPSA) is 26.3 Å². The third-order valence-corrected chi connectivity index (χ3v) is 6.30. The van der Waals surface area contributed by atoms with Gasteiger partial charge in [0.05, 0.1) is 20.6 Å². The molecule has 0 radical (unpaired) electrons. The van der Waals surface area contributed by atoms with Gasteiger partial charge in [-0.2, -0.15) is 0 Å². The molecule has 0 saturated heterocycles. The Bertz CT molecular complexity index is 392. The van der Waals surface area contributed by atoms with Gasteiger partial charge >= 0.3 is 5.97 Å². The predicted octanol–water partition coefficient (Wildman–Crippen LogP) is 7.01. The number of carbonyl (C=O) groups excluding carboxylic acids is 1. The molecule has 1 atom stereocenters. The number of carbonyl (C=O) groups is 1. The van der Waals surface area contributed by atoms with Crippen molar-refractivity contribution in [3.63, 3.8) is 0 Å². The van der Waals surface area contributed by atoms with Gasteiger partial charge in [-0.25, -0.2) is 4.79 Å². The second kappa shape index (κ2) is 15.1. The van der Waals surface area contributed by atoms with E-state index in [4.69, 9.17) is 4.74 Å². The summed E-state index contributed by atoms with van der Waals surface area (Å²) in [7, 11) is 4.28. The quantitative estimate of drug-likeness (QED) is 0.0837. The first-order valence-corrected chi connectivity index (χ1v) is 11.5. The van der Waals surface area contributed by atoms with Crippen LogP contribution in [0.4, 0.5) is 0 Å². The smallest absolute Gasteiger partial charge is 0.334 e. The lowest BCUT2D eigenvalue weighted by molar-refractivity contribution is -0.961. The highest BCUT2D eigenvalue weighted by Crippen LogP contribution is 2.29. The lowest BCUT2D eigenvalue weighted by Gasteiger charge is -2.44. The number of rotatable bonds is 18. The highest BCUT2D eigenvalue weighted by Gasteiger charge is 2.42. The van der Waals surface area contributed by atoms with Crippen LogP contribution in [0.5, 0.6) is 0 Å². The van der Waals surface area contributed by atoms with E-state index in [1.165, 1.54) is 83.1 Å². The summed E-state index contributed by atoms with van der Waals surface area (Å²) < 4.78 is 6.45. The molecular weight excluding hydrogens is 334 g/mol. The van der Waals surface area contributed by atoms with Crippen molar-refractivity contribution in [3.05, 3.63) is 12.7 Å². The summed E-state index contributed by atoms with van der Waals surface area (Å²) in [5, 5.41) is 0. The zero-order chi connectivity index (χ0) is 20.6. The molecule has 0 rings (SSSR count). The van der Waals surface area contributed by atoms with Crippen LogP contribution in [0.2, 0.25) is 0 Å². The molecule has 0 amide bonds. The van der Waals surface area contributed by atoms with E-state index < -0.39 is 5.72 Å². The summed E-state index contributed by atoms with van der Waals surface area (Å²) in [6.07, 6.45) is 19.7. The van der Waals surface area contributed by atoms with Gasteiger partial charge in [0.1, 0.15) is 0 Å². The first kappa shape index (κ1) is 26.2. The lowest BCUT2D eigenvalue weighted by atomic mass is 10.0. The van der Waals surface area contributed by atoms with Crippen LogP contribution in [-0.4, -0.2) is 36.8 Å². The Morgan fingerprint density at radius 1 is 0.852 bits per heavy atom. The monoisotopic (exact) mass is 382 g/mol. The van der Waals surface area contributed by atoms with Crippen LogP contribution in [0.15, 0.2) is 12.7 Å². The SMILES string of the molecule is C=CC(=O)OC(C)(CCCCCCCCCCCCCCC)[N+](C)(C)CC. The molecule has 27 heavy (non-hydrogen) atoms. The van der Waals surface area contributed by atoms with Crippen molar-refractivity contribution < 1.29 is 14.0 Å². The van der Waals surface area contributed by atoms with Gasteiger partial charge in [-0.1, -0.05) is 90.6 Å². The summed E-state index contributed by atoms with van der Waals surface area (Å²) in [5.41, 5.74) is -0.474. The number of unbranched alkanes of at least 4 members (excludes halogenated alkanes) is 12. The largest absolute Gasteiger partial charge is 0.407 e. The van der Waals surface area contributed by atoms with Gasteiger partial charge in [0, 0.05) is 19.4 Å². The summed E-state index contributed by atoms with van der Waals surface area (Å²) in [4.78, 5) is 11.8. The Morgan fingerprint density at radius 3 is 1.63 bits per heavy atom. The number of hydrogen-bond acceptors (Lipinski definition) is 2. The Balaban J connectivity index is 3.86. The Labute approximate surface area is 170 Å². The Hall–Kier alpha value is -0.830. The first-order chi connectivity index (χ1) is 12.8. The second-order valence-electron chi connectivity index (χ2n) is 8.79. The molecule has 0 aromatic rings. The molecule has 0 heterocycles. The van der Waals surface area contributed by atoms with Crippen LogP contribution in [0.1, 0.15) is 111 Å². The molecule has 1 unspecified atom stereocenters. The minimum Gasteiger partial charge on any atom is -0.407 e. The van der Waals surface area contributed by atoms with Crippen LogP contribution in [0, 0.1) is 0 Å². The van der Waals surface area contributed by atoms with Crippen molar-refractivity contribution in [2.75, 3.05) is 20.6 Å². The third-order valence-electron chi connectivity index (χ3n) is 6.30. The van der Waals surface area contributed by atoms with Gasteiger partial charge in [0.25, 0.3) is 0 Å². The number of nitrogens with zero attached hydrogens (tertiary/aromatic N) is 1. The number of esters is 1. The molecule has 160 valence electrons. The zero-order valence-corrected chi connectivity index (χ0v) is 19.2. The summed E-state index contributed by atoms with van der Waals surface area (Å²) in [6, 6.07) is 0. The van der Waals surface area contributed by atoms with Gasteiger partial charge < -0.3 is 4.74 Å². The molecule has 0 aromatic carbocycles. The van der Waals surface area contributed by atoms with E-state index >= 15 is 0 Å². The third kappa shape index (κ3) is 11.6. The molecule has 3 nitrogen and oxygen atoms in total. The van der Waals surface area contributed by atoms with Crippen molar-refractivity contribution in [1.82, 2.24) is 0 Å². The van der Waals surface area contributed by atoms with Gasteiger partial charge in [0.15, 0.2) is 0 Å². The number of ether oxygens (including phenoxy) is 1. The maximum Gasteiger partial charge on any atom is 0.334 e. The molecule has 0 fully saturated rings. The summed E-state index contributed by atoms with van der Waals surface area (Å²) in [5.74, 6) is -0.313. The molecule has 0 aliphatic heterocycles. The van der Waals surface area contributed by atoms with Crippen molar-refractivity contribution in [2.24, 2.45) is 0 Å². The van der Waals surface area contributed by atoms with Crippen LogP contribution < -0.4 is 0 Å². The van der Waals surface area contributed by atoms with Gasteiger partial charge in [-0.3, -0.25) is 4.48 Å². The van der Waals surface area contributed by atoms with E-state index in [1.54, 1.807) is 0 Å². The van der Waals surface area contributed by atoms with Crippen molar-refractivity contribution in [3.8, 4) is 0 Å². The van der Waals surface area contributed by atoms with E-state index in [2.05, 4.69) is 41.4 Å². The molecule has 0 aromatic heterocycles. The molecule has 0 N–H and O–H groups in total. The van der Waals surface area contributed by atoms with Gasteiger partial charge in [-0.05, 0) is 13.3 Å². The highest BCUT2D eigenvalue weighted by atomic mass is 16.6. The fourth-order valence-electron chi connectivity index (χ4n) is 3.54. The van der Waals surface area contributed by atoms with Crippen molar-refractivity contribution in [1.29, 1.82) is 0 Å². The van der Waals surface area contributed by atoms with Crippen molar-refractivity contribution >= 4 is 5.97 Å². The van der Waals surface area contributed by atoms with Crippen LogP contribution in [-0.2, 0) is 9.53 Å². The van der Waals surface area contributed by atoms with Crippen molar-refractivity contribution in [2.45, 2.75) is 116 Å². The predicted molar refractivity (Wildman–Crippen MR) is 118 cm³/mol. The number of hydrogen-bond donors (Lipinski definition) is 0. The lowest BCUT2D eigenvalue weighted by Crippen LogP contribution is -2.59. The van der Waals surface area contributed by atoms with E-state index in [1.807, 2.05) is 0 Å². The van der Waals surface area contributed by atoms with Gasteiger partial charge in [-0.15, -0.1) is 0 Å². The highest BCUT2D eigenvalue weighted by molar-refractivity contribution is 5.81. The average molecular weight is 383 g/mol. The Morgan fingerprint density at radius 2 is 1.26 bits per heavy atom. The maximum absolute atomic E-state index is 11.8. The minimum atomic E-state index is -0.474. The molecular formula is C24H48NO2+. The van der Waals surface area contributed by atoms with E-state index in [0.717, 1.165) is 19.4 Å². The molecule has 0 saturated carbocycles. The maximum atomic E-state index is 11.8. The van der Waals surface area contributed by atoms with Crippen LogP contribution >= 0.6 is 0 Å². The molecule has 0 bridgehead atoms. The molecule has 0 spiro atoms. The zero-order valence-electron chi connectivity index (χ0n) is 19.2. The van der Waals surface area contributed by atoms with Crippen LogP contribution in [0.25, 0.3) is 0 Å². The Kier molecular flexibility index (Phi) is 14.7. The summed E-state index contributed by atoms with van der Waals surface area (Å²) in [6.45, 7) is 11.0. The van der Waals surface area contributed by atoms with E-state index in [-0.39, 0.29) is 5.97 Å². The average Bonchev–Trinajstić information content (AvgIpc) is 2.65. The van der Waals surface area contributed by atoms with Gasteiger partial charge in [0.2, 0.25) is 5.72 Å². The second-order valence-corrected chi connectivity index (χ2v) is 8.79. The molecule has 0 aliphatic carbocycles.